The van der Waals surface area contributed by atoms with E-state index in [0.29, 0.717) is 35.6 Å². The number of rotatable bonds is 9. The van der Waals surface area contributed by atoms with E-state index in [4.69, 9.17) is 0 Å². The third-order valence-electron chi connectivity index (χ3n) is 26.7. The van der Waals surface area contributed by atoms with Crippen molar-refractivity contribution in [1.82, 2.24) is 4.57 Å². The second kappa shape index (κ2) is 27.2. The van der Waals surface area contributed by atoms with Crippen LogP contribution in [0, 0.1) is 29.6 Å². The van der Waals surface area contributed by atoms with Gasteiger partial charge in [-0.25, -0.2) is 0 Å². The van der Waals surface area contributed by atoms with Crippen LogP contribution in [-0.4, -0.2) is 17.3 Å². The molecule has 3 nitrogen and oxygen atoms in total. The Morgan fingerprint density at radius 3 is 1.49 bits per heavy atom. The summed E-state index contributed by atoms with van der Waals surface area (Å²) in [6, 6.07) is 70.5. The van der Waals surface area contributed by atoms with Crippen molar-refractivity contribution in [2.45, 2.75) is 260 Å². The molecule has 5 atom stereocenters. The molecule has 3 heterocycles. The van der Waals surface area contributed by atoms with Crippen LogP contribution in [0.4, 0.5) is 28.4 Å². The van der Waals surface area contributed by atoms with Gasteiger partial charge in [0.1, 0.15) is 0 Å². The molecule has 9 aromatic carbocycles. The van der Waals surface area contributed by atoms with Crippen molar-refractivity contribution in [3.8, 4) is 39.1 Å². The third-order valence-corrected chi connectivity index (χ3v) is 26.7. The molecule has 107 heavy (non-hydrogen) atoms. The van der Waals surface area contributed by atoms with Crippen molar-refractivity contribution < 1.29 is 0 Å². The van der Waals surface area contributed by atoms with Crippen molar-refractivity contribution in [2.75, 3.05) is 9.80 Å². The summed E-state index contributed by atoms with van der Waals surface area (Å²) in [4.78, 5) is 6.03. The molecule has 552 valence electrons. The maximum Gasteiger partial charge on any atom is 0.252 e. The Morgan fingerprint density at radius 1 is 0.364 bits per heavy atom. The third kappa shape index (κ3) is 13.4. The Hall–Kier alpha value is -8.08. The van der Waals surface area contributed by atoms with E-state index in [2.05, 4.69) is 334 Å². The van der Waals surface area contributed by atoms with Crippen molar-refractivity contribution in [2.24, 2.45) is 29.6 Å². The van der Waals surface area contributed by atoms with Gasteiger partial charge in [-0.15, -0.1) is 0 Å². The van der Waals surface area contributed by atoms with E-state index in [-0.39, 0.29) is 39.2 Å². The van der Waals surface area contributed by atoms with E-state index in [1.54, 1.807) is 0 Å². The Balaban J connectivity index is 1.09. The number of allylic oxidation sites excluding steroid dienone is 4. The Bertz CT molecular complexity index is 5000. The van der Waals surface area contributed by atoms with Gasteiger partial charge >= 0.3 is 0 Å². The lowest BCUT2D eigenvalue weighted by molar-refractivity contribution is 0.0615. The molecule has 5 unspecified atom stereocenters. The van der Waals surface area contributed by atoms with E-state index >= 15 is 0 Å². The normalized spacial score (nSPS) is 20.3. The summed E-state index contributed by atoms with van der Waals surface area (Å²) in [6.07, 6.45) is 25.5. The van der Waals surface area contributed by atoms with Gasteiger partial charge in [-0.3, -0.25) is 0 Å². The minimum absolute atomic E-state index is 0.0319. The number of aromatic nitrogens is 1. The largest absolute Gasteiger partial charge is 0.339 e. The van der Waals surface area contributed by atoms with Crippen molar-refractivity contribution in [3.05, 3.63) is 227 Å². The van der Waals surface area contributed by atoms with Crippen LogP contribution >= 0.6 is 0 Å². The maximum atomic E-state index is 3.16. The number of hydrogen-bond acceptors (Lipinski definition) is 2. The molecule has 3 saturated carbocycles. The summed E-state index contributed by atoms with van der Waals surface area (Å²) in [5, 5.41) is 2.61. The van der Waals surface area contributed by atoms with Gasteiger partial charge < -0.3 is 14.4 Å². The van der Waals surface area contributed by atoms with Crippen LogP contribution in [0.5, 0.6) is 0 Å². The summed E-state index contributed by atoms with van der Waals surface area (Å²) in [6.45, 7) is 45.7. The van der Waals surface area contributed by atoms with Crippen LogP contribution in [-0.2, 0) is 32.5 Å². The summed E-state index contributed by atoms with van der Waals surface area (Å²) in [5.74, 6) is 3.17. The number of hydrogen-bond donors (Lipinski definition) is 0. The Morgan fingerprint density at radius 2 is 0.907 bits per heavy atom. The molecule has 6 aliphatic rings. The van der Waals surface area contributed by atoms with Gasteiger partial charge in [0.15, 0.2) is 0 Å². The minimum Gasteiger partial charge on any atom is -0.339 e. The first-order valence-corrected chi connectivity index (χ1v) is 41.8. The maximum absolute atomic E-state index is 3.16. The predicted molar refractivity (Wildman–Crippen MR) is 466 cm³/mol. The van der Waals surface area contributed by atoms with E-state index in [0.717, 1.165) is 12.8 Å². The number of para-hydroxylation sites is 1. The molecule has 0 N–H and O–H groups in total. The lowest BCUT2D eigenvalue weighted by atomic mass is 9.33. The molecule has 2 aliphatic heterocycles. The molecule has 4 aliphatic carbocycles. The fraction of sp³-hybridized carbons (Fsp3) is 0.437. The molecular formula is C103H122BN3. The summed E-state index contributed by atoms with van der Waals surface area (Å²) >= 11 is 0. The van der Waals surface area contributed by atoms with Gasteiger partial charge in [-0.05, 0) is 232 Å². The molecule has 4 heteroatoms. The second-order valence-corrected chi connectivity index (χ2v) is 40.3. The average molecular weight is 1410 g/mol. The quantitative estimate of drug-likeness (QED) is 0.133. The lowest BCUT2D eigenvalue weighted by Crippen LogP contribution is -2.64. The SMILES string of the molecule is CC1CCCCC1C1CCCC(C2CCCCC2)C1N1c2ccc(-c3cc(C(C)(C)C)cc(C(C)(C)C)c3)cc2B2c3ccc(-n4c5ccc(C(C)(C)C)cc5c5cc(C(C)(C)C)ccc54)cc3N(c3c(C4=CCCC=C4)cccc3-c3ccccc3)c3cc(-c4cc(C(C)(C)C)cc(C(C)(C)C)c4)cc1c32. The lowest BCUT2D eigenvalue weighted by Gasteiger charge is -2.55. The van der Waals surface area contributed by atoms with Gasteiger partial charge in [0.25, 0.3) is 6.71 Å². The topological polar surface area (TPSA) is 11.4 Å². The molecule has 10 aromatic rings. The summed E-state index contributed by atoms with van der Waals surface area (Å²) < 4.78 is 2.63. The molecule has 0 radical (unpaired) electrons. The van der Waals surface area contributed by atoms with Crippen molar-refractivity contribution in [3.63, 3.8) is 0 Å². The van der Waals surface area contributed by atoms with E-state index < -0.39 is 0 Å². The standard InChI is InChI=1S/C103H122BN3/c1-65-33-29-30-40-80(65)84-44-32-43-83(68-38-27-22-28-39-68)97(84)106-91-50-45-69(70-53-75(100(8,9)10)60-76(54-70)101(11,12)13)57-88(91)104-87-49-48-79(105-89-51-46-73(98(2,3)4)62-85(89)86-63-74(99(5,6)7)47-52-90(86)105)64-92(87)107(96-81(66-34-23-20-24-35-66)41-31-42-82(96)67-36-25-21-26-37-67)94-59-72(58-93(106)95(94)104)71-55-77(102(14,15)16)61-78(56-71)103(17,18)19/h20,23-25,31,34-37,41-42,45-65,68,80,83-84,97H,21-22,26-30,32-33,38-40,43-44H2,1-19H3. The minimum atomic E-state index is -0.119. The molecule has 0 bridgehead atoms. The predicted octanol–water partition coefficient (Wildman–Crippen LogP) is 27.2. The Labute approximate surface area is 644 Å². The molecule has 0 saturated heterocycles. The zero-order valence-corrected chi connectivity index (χ0v) is 68.7. The monoisotopic (exact) mass is 1410 g/mol. The number of anilines is 5. The number of benzene rings is 9. The molecule has 0 spiro atoms. The summed E-state index contributed by atoms with van der Waals surface area (Å²) in [7, 11) is 0. The van der Waals surface area contributed by atoms with Gasteiger partial charge in [-0.2, -0.15) is 0 Å². The highest BCUT2D eigenvalue weighted by Crippen LogP contribution is 2.56. The molecule has 1 aromatic heterocycles. The van der Waals surface area contributed by atoms with Crippen LogP contribution in [0.2, 0.25) is 0 Å². The number of fused-ring (bicyclic) bond motifs is 7. The smallest absolute Gasteiger partial charge is 0.252 e. The van der Waals surface area contributed by atoms with Gasteiger partial charge in [0.2, 0.25) is 0 Å². The van der Waals surface area contributed by atoms with E-state index in [9.17, 15) is 0 Å². The van der Waals surface area contributed by atoms with Crippen LogP contribution in [0.15, 0.2) is 188 Å². The van der Waals surface area contributed by atoms with Crippen molar-refractivity contribution >= 4 is 78.9 Å². The van der Waals surface area contributed by atoms with Gasteiger partial charge in [-0.1, -0.05) is 323 Å². The first kappa shape index (κ1) is 73.1. The zero-order valence-electron chi connectivity index (χ0n) is 68.7. The molecule has 0 amide bonds. The molecule has 16 rings (SSSR count). The first-order valence-electron chi connectivity index (χ1n) is 41.8. The van der Waals surface area contributed by atoms with Crippen LogP contribution in [0.3, 0.4) is 0 Å². The fourth-order valence-corrected chi connectivity index (χ4v) is 20.5. The highest BCUT2D eigenvalue weighted by Gasteiger charge is 2.52. The zero-order chi connectivity index (χ0) is 75.2. The Kier molecular flexibility index (Phi) is 18.6. The summed E-state index contributed by atoms with van der Waals surface area (Å²) in [5.41, 5.74) is 32.7. The van der Waals surface area contributed by atoms with Crippen LogP contribution < -0.4 is 26.2 Å². The van der Waals surface area contributed by atoms with Crippen LogP contribution in [0.1, 0.15) is 260 Å². The van der Waals surface area contributed by atoms with E-state index in [1.165, 1.54) is 227 Å². The average Bonchev–Trinajstić information content (AvgIpc) is 0.925. The van der Waals surface area contributed by atoms with Gasteiger partial charge in [0.05, 0.1) is 16.7 Å². The fourth-order valence-electron chi connectivity index (χ4n) is 20.5. The molecular weight excluding hydrogens is 1290 g/mol. The highest BCUT2D eigenvalue weighted by molar-refractivity contribution is 7.00. The van der Waals surface area contributed by atoms with Crippen LogP contribution in [0.25, 0.3) is 66.4 Å². The highest BCUT2D eigenvalue weighted by atomic mass is 15.2. The van der Waals surface area contributed by atoms with Gasteiger partial charge in [0, 0.05) is 56.4 Å². The van der Waals surface area contributed by atoms with E-state index in [1.807, 2.05) is 0 Å². The molecule has 3 fully saturated rings. The van der Waals surface area contributed by atoms with Crippen molar-refractivity contribution in [1.29, 1.82) is 0 Å². The number of nitrogens with zero attached hydrogens (tertiary/aromatic N) is 3. The first-order chi connectivity index (χ1) is 50.8. The second-order valence-electron chi connectivity index (χ2n) is 40.3.